The zero-order valence-electron chi connectivity index (χ0n) is 13.9. The van der Waals surface area contributed by atoms with E-state index in [2.05, 4.69) is 10.9 Å². The summed E-state index contributed by atoms with van der Waals surface area (Å²) in [7, 11) is -3.76. The van der Waals surface area contributed by atoms with Crippen molar-refractivity contribution < 1.29 is 23.1 Å². The van der Waals surface area contributed by atoms with Crippen LogP contribution in [0.4, 0.5) is 0 Å². The predicted molar refractivity (Wildman–Crippen MR) is 100 cm³/mol. The average Bonchev–Trinajstić information content (AvgIpc) is 3.33. The van der Waals surface area contributed by atoms with Crippen LogP contribution in [0.1, 0.15) is 32.9 Å². The summed E-state index contributed by atoms with van der Waals surface area (Å²) in [5.41, 5.74) is 4.19. The highest BCUT2D eigenvalue weighted by atomic mass is 35.5. The van der Waals surface area contributed by atoms with Crippen molar-refractivity contribution in [2.45, 2.75) is 17.7 Å². The third-order valence-electron chi connectivity index (χ3n) is 4.01. The second-order valence-electron chi connectivity index (χ2n) is 5.79. The van der Waals surface area contributed by atoms with Gasteiger partial charge in [-0.25, -0.2) is 8.42 Å². The summed E-state index contributed by atoms with van der Waals surface area (Å²) < 4.78 is 26.7. The molecule has 11 heteroatoms. The summed E-state index contributed by atoms with van der Waals surface area (Å²) >= 11 is 6.75. The lowest BCUT2D eigenvalue weighted by molar-refractivity contribution is 0.0845. The molecule has 27 heavy (non-hydrogen) atoms. The van der Waals surface area contributed by atoms with Gasteiger partial charge in [-0.15, -0.1) is 11.3 Å². The molecule has 1 aromatic carbocycles. The maximum Gasteiger partial charge on any atom is 0.281 e. The molecule has 0 bridgehead atoms. The molecule has 8 nitrogen and oxygen atoms in total. The van der Waals surface area contributed by atoms with E-state index in [0.717, 1.165) is 24.2 Å². The molecule has 1 saturated heterocycles. The van der Waals surface area contributed by atoms with Crippen LogP contribution in [-0.2, 0) is 10.0 Å². The van der Waals surface area contributed by atoms with Gasteiger partial charge >= 0.3 is 0 Å². The Balaban J connectivity index is 1.73. The van der Waals surface area contributed by atoms with E-state index in [9.17, 15) is 23.1 Å². The molecule has 3 rings (SSSR count). The zero-order valence-corrected chi connectivity index (χ0v) is 16.3. The Kier molecular flexibility index (Phi) is 5.70. The lowest BCUT2D eigenvalue weighted by atomic mass is 10.2. The number of nitrogens with one attached hydrogen (secondary N) is 2. The van der Waals surface area contributed by atoms with Crippen LogP contribution >= 0.6 is 22.9 Å². The molecule has 0 unspecified atom stereocenters. The molecule has 0 aliphatic carbocycles. The van der Waals surface area contributed by atoms with Crippen molar-refractivity contribution in [1.29, 1.82) is 0 Å². The number of rotatable bonds is 4. The van der Waals surface area contributed by atoms with Crippen molar-refractivity contribution in [2.75, 3.05) is 13.1 Å². The van der Waals surface area contributed by atoms with Crippen molar-refractivity contribution in [3.05, 3.63) is 45.1 Å². The highest BCUT2D eigenvalue weighted by molar-refractivity contribution is 7.89. The number of halogens is 1. The number of thiophene rings is 1. The molecular weight excluding hydrogens is 414 g/mol. The number of aromatic hydroxyl groups is 1. The highest BCUT2D eigenvalue weighted by Crippen LogP contribution is 2.27. The van der Waals surface area contributed by atoms with Crippen molar-refractivity contribution in [1.82, 2.24) is 15.2 Å². The van der Waals surface area contributed by atoms with Gasteiger partial charge in [0.2, 0.25) is 10.0 Å². The summed E-state index contributed by atoms with van der Waals surface area (Å²) in [5.74, 6) is -1.86. The van der Waals surface area contributed by atoms with E-state index < -0.39 is 21.8 Å². The molecule has 3 N–H and O–H groups in total. The number of nitrogens with zero attached hydrogens (tertiary/aromatic N) is 1. The van der Waals surface area contributed by atoms with Crippen LogP contribution in [0, 0.1) is 0 Å². The van der Waals surface area contributed by atoms with Crippen LogP contribution in [-0.4, -0.2) is 42.7 Å². The quantitative estimate of drug-likeness (QED) is 0.642. The molecule has 1 aliphatic heterocycles. The molecule has 2 amide bonds. The van der Waals surface area contributed by atoms with Crippen LogP contribution in [0.15, 0.2) is 34.5 Å². The number of amides is 2. The summed E-state index contributed by atoms with van der Waals surface area (Å²) in [4.78, 5) is 24.4. The van der Waals surface area contributed by atoms with Crippen LogP contribution < -0.4 is 10.9 Å². The van der Waals surface area contributed by atoms with Gasteiger partial charge in [0.05, 0.1) is 5.56 Å². The number of hydrogen-bond acceptors (Lipinski definition) is 6. The van der Waals surface area contributed by atoms with E-state index in [-0.39, 0.29) is 26.1 Å². The van der Waals surface area contributed by atoms with Crippen molar-refractivity contribution in [3.63, 3.8) is 0 Å². The van der Waals surface area contributed by atoms with Crippen molar-refractivity contribution in [3.8, 4) is 5.75 Å². The van der Waals surface area contributed by atoms with E-state index >= 15 is 0 Å². The van der Waals surface area contributed by atoms with Gasteiger partial charge in [0.15, 0.2) is 0 Å². The van der Waals surface area contributed by atoms with Gasteiger partial charge < -0.3 is 5.11 Å². The predicted octanol–water partition coefficient (Wildman–Crippen LogP) is 1.97. The Morgan fingerprint density at radius 3 is 2.48 bits per heavy atom. The molecule has 1 aromatic heterocycles. The van der Waals surface area contributed by atoms with Crippen LogP contribution in [0.2, 0.25) is 5.02 Å². The number of phenolic OH excluding ortho intramolecular Hbond substituents is 1. The molecule has 0 radical (unpaired) electrons. The minimum absolute atomic E-state index is 0.0301. The standard InChI is InChI=1S/C16H16ClN3O5S2/c17-10-3-4-12(21)11(9-10)15(22)18-19-16(23)14-13(5-8-26-14)27(24,25)20-6-1-2-7-20/h3-5,8-9,21H,1-2,6-7H2,(H,18,22)(H,19,23). The minimum atomic E-state index is -3.76. The average molecular weight is 430 g/mol. The SMILES string of the molecule is O=C(NNC(=O)c1sccc1S(=O)(=O)N1CCCC1)c1cc(Cl)ccc1O. The molecule has 144 valence electrons. The summed E-state index contributed by atoms with van der Waals surface area (Å²) in [6.07, 6.45) is 1.56. The molecule has 2 aromatic rings. The van der Waals surface area contributed by atoms with E-state index in [0.29, 0.717) is 13.1 Å². The second kappa shape index (κ2) is 7.85. The molecule has 0 spiro atoms. The zero-order chi connectivity index (χ0) is 19.6. The Bertz CT molecular complexity index is 984. The van der Waals surface area contributed by atoms with Crippen molar-refractivity contribution in [2.24, 2.45) is 0 Å². The topological polar surface area (TPSA) is 116 Å². The fraction of sp³-hybridized carbons (Fsp3) is 0.250. The van der Waals surface area contributed by atoms with Crippen LogP contribution in [0.5, 0.6) is 5.75 Å². The Morgan fingerprint density at radius 2 is 1.78 bits per heavy atom. The highest BCUT2D eigenvalue weighted by Gasteiger charge is 2.32. The third kappa shape index (κ3) is 4.08. The van der Waals surface area contributed by atoms with Gasteiger partial charge in [0.1, 0.15) is 15.5 Å². The summed E-state index contributed by atoms with van der Waals surface area (Å²) in [6, 6.07) is 5.27. The van der Waals surface area contributed by atoms with E-state index in [1.807, 2.05) is 0 Å². The van der Waals surface area contributed by atoms with Gasteiger partial charge in [-0.1, -0.05) is 11.6 Å². The molecular formula is C16H16ClN3O5S2. The lowest BCUT2D eigenvalue weighted by Gasteiger charge is -2.15. The first-order chi connectivity index (χ1) is 12.8. The maximum atomic E-state index is 12.7. The van der Waals surface area contributed by atoms with E-state index in [4.69, 9.17) is 11.6 Å². The number of phenols is 1. The van der Waals surface area contributed by atoms with E-state index in [1.165, 1.54) is 34.0 Å². The number of benzene rings is 1. The maximum absolute atomic E-state index is 12.7. The summed E-state index contributed by atoms with van der Waals surface area (Å²) in [5, 5.41) is 11.5. The Morgan fingerprint density at radius 1 is 1.11 bits per heavy atom. The smallest absolute Gasteiger partial charge is 0.281 e. The minimum Gasteiger partial charge on any atom is -0.507 e. The normalized spacial score (nSPS) is 14.9. The number of sulfonamides is 1. The molecule has 1 fully saturated rings. The number of hydrogen-bond donors (Lipinski definition) is 3. The summed E-state index contributed by atoms with van der Waals surface area (Å²) in [6.45, 7) is 0.841. The van der Waals surface area contributed by atoms with Crippen LogP contribution in [0.25, 0.3) is 0 Å². The Hall–Kier alpha value is -2.14. The number of carbonyl (C=O) groups is 2. The number of hydrazine groups is 1. The fourth-order valence-electron chi connectivity index (χ4n) is 2.66. The first kappa shape index (κ1) is 19.6. The third-order valence-corrected chi connectivity index (χ3v) is 7.23. The number of carbonyl (C=O) groups excluding carboxylic acids is 2. The van der Waals surface area contributed by atoms with Gasteiger partial charge in [-0.2, -0.15) is 4.31 Å². The first-order valence-electron chi connectivity index (χ1n) is 7.97. The van der Waals surface area contributed by atoms with Gasteiger partial charge in [0, 0.05) is 18.1 Å². The molecule has 2 heterocycles. The van der Waals surface area contributed by atoms with Gasteiger partial charge in [-0.05, 0) is 42.5 Å². The first-order valence-corrected chi connectivity index (χ1v) is 10.7. The van der Waals surface area contributed by atoms with Gasteiger partial charge in [0.25, 0.3) is 11.8 Å². The van der Waals surface area contributed by atoms with Crippen LogP contribution in [0.3, 0.4) is 0 Å². The fourth-order valence-corrected chi connectivity index (χ4v) is 5.65. The second-order valence-corrected chi connectivity index (χ2v) is 9.05. The van der Waals surface area contributed by atoms with E-state index in [1.54, 1.807) is 0 Å². The monoisotopic (exact) mass is 429 g/mol. The van der Waals surface area contributed by atoms with Crippen molar-refractivity contribution >= 4 is 44.8 Å². The van der Waals surface area contributed by atoms with Gasteiger partial charge in [-0.3, -0.25) is 20.4 Å². The largest absolute Gasteiger partial charge is 0.507 e. The Labute approximate surface area is 164 Å². The lowest BCUT2D eigenvalue weighted by Crippen LogP contribution is -2.42. The molecule has 0 saturated carbocycles. The molecule has 0 atom stereocenters. The molecule has 1 aliphatic rings.